The van der Waals surface area contributed by atoms with Gasteiger partial charge >= 0.3 is 4.87 Å². The highest BCUT2D eigenvalue weighted by Gasteiger charge is 2.23. The number of aryl methyl sites for hydroxylation is 1. The van der Waals surface area contributed by atoms with Crippen molar-refractivity contribution in [1.29, 1.82) is 0 Å². The fraction of sp³-hybridized carbons (Fsp3) is 0.450. The Morgan fingerprint density at radius 2 is 1.96 bits per heavy atom. The molecule has 0 saturated heterocycles. The summed E-state index contributed by atoms with van der Waals surface area (Å²) >= 11 is 1.15. The molecule has 1 heterocycles. The fourth-order valence-corrected chi connectivity index (χ4v) is 3.48. The molecule has 2 aromatic rings. The fourth-order valence-electron chi connectivity index (χ4n) is 2.72. The predicted molar refractivity (Wildman–Crippen MR) is 108 cm³/mol. The molecular weight excluding hydrogens is 378 g/mol. The van der Waals surface area contributed by atoms with Crippen molar-refractivity contribution in [2.24, 2.45) is 0 Å². The molecule has 0 bridgehead atoms. The van der Waals surface area contributed by atoms with Gasteiger partial charge in [0, 0.05) is 36.6 Å². The van der Waals surface area contributed by atoms with Gasteiger partial charge in [-0.2, -0.15) is 0 Å². The Bertz CT molecular complexity index is 868. The minimum Gasteiger partial charge on any atom is -0.484 e. The number of hydrogen-bond acceptors (Lipinski definition) is 5. The molecule has 1 saturated carbocycles. The summed E-state index contributed by atoms with van der Waals surface area (Å²) in [5.74, 6) is 0.489. The second-order valence-electron chi connectivity index (χ2n) is 6.92. The summed E-state index contributed by atoms with van der Waals surface area (Å²) < 4.78 is 7.09. The van der Waals surface area contributed by atoms with E-state index >= 15 is 0 Å². The van der Waals surface area contributed by atoms with Gasteiger partial charge in [-0.1, -0.05) is 23.5 Å². The van der Waals surface area contributed by atoms with Crippen LogP contribution in [-0.2, 0) is 22.6 Å². The molecule has 150 valence electrons. The molecule has 3 rings (SSSR count). The molecular formula is C20H25N3O4S. The van der Waals surface area contributed by atoms with Crippen LogP contribution in [0.5, 0.6) is 5.75 Å². The zero-order chi connectivity index (χ0) is 19.9. The molecule has 0 aliphatic heterocycles. The number of thiazole rings is 1. The van der Waals surface area contributed by atoms with Crippen LogP contribution < -0.4 is 20.2 Å². The molecule has 2 N–H and O–H groups in total. The lowest BCUT2D eigenvalue weighted by Crippen LogP contribution is -2.30. The summed E-state index contributed by atoms with van der Waals surface area (Å²) in [6, 6.07) is 7.84. The Labute approximate surface area is 167 Å². The van der Waals surface area contributed by atoms with Gasteiger partial charge in [-0.05, 0) is 43.9 Å². The van der Waals surface area contributed by atoms with Crippen LogP contribution in [-0.4, -0.2) is 35.6 Å². The molecule has 1 aromatic carbocycles. The number of hydrogen-bond donors (Lipinski definition) is 2. The van der Waals surface area contributed by atoms with Gasteiger partial charge in [-0.15, -0.1) is 0 Å². The Hall–Kier alpha value is -2.61. The van der Waals surface area contributed by atoms with Crippen molar-refractivity contribution in [3.63, 3.8) is 0 Å². The van der Waals surface area contributed by atoms with E-state index in [-0.39, 0.29) is 29.7 Å². The summed E-state index contributed by atoms with van der Waals surface area (Å²) in [5.41, 5.74) is 1.95. The third-order valence-electron chi connectivity index (χ3n) is 4.51. The summed E-state index contributed by atoms with van der Waals surface area (Å²) in [6.07, 6.45) is 3.10. The van der Waals surface area contributed by atoms with Gasteiger partial charge < -0.3 is 19.9 Å². The highest BCUT2D eigenvalue weighted by Crippen LogP contribution is 2.18. The zero-order valence-electron chi connectivity index (χ0n) is 15.9. The van der Waals surface area contributed by atoms with E-state index < -0.39 is 0 Å². The second kappa shape index (κ2) is 9.54. The van der Waals surface area contributed by atoms with E-state index in [1.807, 2.05) is 31.2 Å². The maximum absolute atomic E-state index is 12.0. The van der Waals surface area contributed by atoms with Gasteiger partial charge in [0.2, 0.25) is 5.91 Å². The minimum absolute atomic E-state index is 0.0264. The number of ether oxygens (including phenoxy) is 1. The van der Waals surface area contributed by atoms with E-state index in [0.717, 1.165) is 35.4 Å². The summed E-state index contributed by atoms with van der Waals surface area (Å²) in [6.45, 7) is 2.82. The van der Waals surface area contributed by atoms with E-state index in [1.165, 1.54) is 0 Å². The van der Waals surface area contributed by atoms with E-state index in [9.17, 15) is 14.4 Å². The van der Waals surface area contributed by atoms with Gasteiger partial charge in [-0.25, -0.2) is 0 Å². The molecule has 0 radical (unpaired) electrons. The third kappa shape index (κ3) is 6.23. The molecule has 1 aliphatic rings. The maximum atomic E-state index is 12.0. The van der Waals surface area contributed by atoms with Crippen molar-refractivity contribution in [1.82, 2.24) is 15.2 Å². The molecule has 0 unspecified atom stereocenters. The summed E-state index contributed by atoms with van der Waals surface area (Å²) in [4.78, 5) is 35.2. The van der Waals surface area contributed by atoms with Crippen LogP contribution >= 0.6 is 11.3 Å². The Kier molecular flexibility index (Phi) is 6.86. The van der Waals surface area contributed by atoms with Gasteiger partial charge in [0.25, 0.3) is 5.91 Å². The largest absolute Gasteiger partial charge is 0.484 e. The maximum Gasteiger partial charge on any atom is 0.307 e. The van der Waals surface area contributed by atoms with Crippen LogP contribution in [0.25, 0.3) is 0 Å². The summed E-state index contributed by atoms with van der Waals surface area (Å²) in [5, 5.41) is 7.55. The van der Waals surface area contributed by atoms with Crippen molar-refractivity contribution in [2.75, 3.05) is 13.2 Å². The zero-order valence-corrected chi connectivity index (χ0v) is 16.7. The number of nitrogens with one attached hydrogen (secondary N) is 2. The number of carbonyl (C=O) groups is 2. The number of carbonyl (C=O) groups excluding carboxylic acids is 2. The van der Waals surface area contributed by atoms with Crippen LogP contribution in [0, 0.1) is 6.92 Å². The highest BCUT2D eigenvalue weighted by atomic mass is 32.1. The SMILES string of the molecule is Cc1csc(=O)n1CCC(=O)NCCc1ccc(OCC(=O)NC2CC2)cc1. The molecule has 0 spiro atoms. The minimum atomic E-state index is -0.0887. The molecule has 0 atom stereocenters. The van der Waals surface area contributed by atoms with Gasteiger partial charge in [0.1, 0.15) is 5.75 Å². The standard InChI is InChI=1S/C20H25N3O4S/c1-14-13-28-20(26)23(14)11-9-18(24)21-10-8-15-2-6-17(7-3-15)27-12-19(25)22-16-4-5-16/h2-3,6-7,13,16H,4-5,8-12H2,1H3,(H,21,24)(H,22,25). The van der Waals surface area contributed by atoms with E-state index in [1.54, 1.807) is 9.95 Å². The van der Waals surface area contributed by atoms with E-state index in [4.69, 9.17) is 4.74 Å². The Morgan fingerprint density at radius 1 is 1.21 bits per heavy atom. The monoisotopic (exact) mass is 403 g/mol. The lowest BCUT2D eigenvalue weighted by molar-refractivity contribution is -0.123. The Balaban J connectivity index is 1.33. The van der Waals surface area contributed by atoms with E-state index in [0.29, 0.717) is 31.3 Å². The average Bonchev–Trinajstić information content (AvgIpc) is 3.43. The number of amides is 2. The van der Waals surface area contributed by atoms with Crippen molar-refractivity contribution in [3.05, 3.63) is 50.6 Å². The average molecular weight is 404 g/mol. The number of rotatable bonds is 10. The van der Waals surface area contributed by atoms with Crippen LogP contribution in [0.2, 0.25) is 0 Å². The third-order valence-corrected chi connectivity index (χ3v) is 5.39. The van der Waals surface area contributed by atoms with Crippen LogP contribution in [0.3, 0.4) is 0 Å². The molecule has 28 heavy (non-hydrogen) atoms. The molecule has 7 nitrogen and oxygen atoms in total. The number of benzene rings is 1. The first-order valence-electron chi connectivity index (χ1n) is 9.44. The predicted octanol–water partition coefficient (Wildman–Crippen LogP) is 1.62. The van der Waals surface area contributed by atoms with Crippen LogP contribution in [0.4, 0.5) is 0 Å². The smallest absolute Gasteiger partial charge is 0.307 e. The lowest BCUT2D eigenvalue weighted by atomic mass is 10.1. The van der Waals surface area contributed by atoms with Crippen LogP contribution in [0.15, 0.2) is 34.4 Å². The first-order valence-corrected chi connectivity index (χ1v) is 10.3. The van der Waals surface area contributed by atoms with Crippen LogP contribution in [0.1, 0.15) is 30.5 Å². The van der Waals surface area contributed by atoms with Crippen molar-refractivity contribution in [3.8, 4) is 5.75 Å². The molecule has 1 aromatic heterocycles. The van der Waals surface area contributed by atoms with E-state index in [2.05, 4.69) is 10.6 Å². The van der Waals surface area contributed by atoms with Gasteiger partial charge in [0.05, 0.1) is 0 Å². The summed E-state index contributed by atoms with van der Waals surface area (Å²) in [7, 11) is 0. The van der Waals surface area contributed by atoms with Crippen molar-refractivity contribution >= 4 is 23.2 Å². The first kappa shape index (κ1) is 20.1. The van der Waals surface area contributed by atoms with Gasteiger partial charge in [-0.3, -0.25) is 14.4 Å². The first-order chi connectivity index (χ1) is 13.5. The molecule has 1 fully saturated rings. The normalized spacial score (nSPS) is 13.2. The van der Waals surface area contributed by atoms with Crippen molar-refractivity contribution < 1.29 is 14.3 Å². The number of aromatic nitrogens is 1. The highest BCUT2D eigenvalue weighted by molar-refractivity contribution is 7.07. The van der Waals surface area contributed by atoms with Crippen molar-refractivity contribution in [2.45, 2.75) is 45.2 Å². The quantitative estimate of drug-likeness (QED) is 0.631. The molecule has 8 heteroatoms. The Morgan fingerprint density at radius 3 is 2.61 bits per heavy atom. The number of nitrogens with zero attached hydrogens (tertiary/aromatic N) is 1. The van der Waals surface area contributed by atoms with Gasteiger partial charge in [0.15, 0.2) is 6.61 Å². The molecule has 2 amide bonds. The molecule has 1 aliphatic carbocycles. The second-order valence-corrected chi connectivity index (χ2v) is 7.74. The topological polar surface area (TPSA) is 89.4 Å². The lowest BCUT2D eigenvalue weighted by Gasteiger charge is -2.09.